The van der Waals surface area contributed by atoms with Crippen molar-refractivity contribution in [1.29, 1.82) is 0 Å². The van der Waals surface area contributed by atoms with Crippen LogP contribution in [-0.2, 0) is 13.0 Å². The minimum Gasteiger partial charge on any atom is -0.408 e. The van der Waals surface area contributed by atoms with Crippen molar-refractivity contribution in [3.63, 3.8) is 0 Å². The maximum atomic E-state index is 11.8. The molecule has 1 aromatic carbocycles. The fourth-order valence-corrected chi connectivity index (χ4v) is 2.74. The first kappa shape index (κ1) is 9.70. The highest BCUT2D eigenvalue weighted by molar-refractivity contribution is 5.77. The van der Waals surface area contributed by atoms with Crippen LogP contribution in [0.25, 0.3) is 11.1 Å². The van der Waals surface area contributed by atoms with Crippen LogP contribution < -0.4 is 5.76 Å². The van der Waals surface area contributed by atoms with Crippen molar-refractivity contribution in [2.75, 3.05) is 0 Å². The molecule has 0 radical (unpaired) electrons. The van der Waals surface area contributed by atoms with E-state index >= 15 is 0 Å². The van der Waals surface area contributed by atoms with Gasteiger partial charge in [-0.05, 0) is 18.1 Å². The highest BCUT2D eigenvalue weighted by atomic mass is 16.4. The van der Waals surface area contributed by atoms with E-state index < -0.39 is 0 Å². The molecule has 5 heteroatoms. The van der Waals surface area contributed by atoms with E-state index in [0.717, 1.165) is 17.5 Å². The van der Waals surface area contributed by atoms with Crippen molar-refractivity contribution in [2.45, 2.75) is 19.0 Å². The molecule has 0 saturated heterocycles. The maximum Gasteiger partial charge on any atom is 0.420 e. The Morgan fingerprint density at radius 2 is 2.33 bits per heavy atom. The van der Waals surface area contributed by atoms with E-state index in [1.165, 1.54) is 0 Å². The second-order valence-electron chi connectivity index (χ2n) is 4.61. The number of rotatable bonds is 1. The van der Waals surface area contributed by atoms with Gasteiger partial charge in [0.15, 0.2) is 5.58 Å². The summed E-state index contributed by atoms with van der Waals surface area (Å²) in [6.07, 6.45) is 6.38. The third-order valence-electron chi connectivity index (χ3n) is 3.57. The van der Waals surface area contributed by atoms with Crippen LogP contribution >= 0.6 is 0 Å². The van der Waals surface area contributed by atoms with Gasteiger partial charge in [-0.1, -0.05) is 12.1 Å². The first-order valence-electron chi connectivity index (χ1n) is 5.91. The Balaban J connectivity index is 1.93. The molecule has 1 atom stereocenters. The minimum atomic E-state index is -0.276. The lowest BCUT2D eigenvalue weighted by molar-refractivity contribution is 0.393. The van der Waals surface area contributed by atoms with Gasteiger partial charge in [0.05, 0.1) is 24.4 Å². The van der Waals surface area contributed by atoms with Crippen LogP contribution in [0.2, 0.25) is 0 Å². The van der Waals surface area contributed by atoms with E-state index in [2.05, 4.69) is 11.1 Å². The van der Waals surface area contributed by atoms with Gasteiger partial charge in [-0.25, -0.2) is 9.78 Å². The molecule has 1 aliphatic heterocycles. The molecule has 0 saturated carbocycles. The molecule has 5 nitrogen and oxygen atoms in total. The van der Waals surface area contributed by atoms with E-state index in [9.17, 15) is 4.79 Å². The van der Waals surface area contributed by atoms with E-state index in [1.54, 1.807) is 17.1 Å². The molecule has 1 aliphatic rings. The molecular weight excluding hydrogens is 230 g/mol. The fraction of sp³-hybridized carbons (Fsp3) is 0.231. The number of benzene rings is 1. The molecule has 1 unspecified atom stereocenters. The van der Waals surface area contributed by atoms with E-state index in [1.807, 2.05) is 22.9 Å². The van der Waals surface area contributed by atoms with Crippen LogP contribution in [0.1, 0.15) is 11.6 Å². The summed E-state index contributed by atoms with van der Waals surface area (Å²) in [4.78, 5) is 15.9. The normalized spacial score (nSPS) is 18.3. The van der Waals surface area contributed by atoms with Crippen molar-refractivity contribution < 1.29 is 4.42 Å². The quantitative estimate of drug-likeness (QED) is 0.650. The number of oxazole rings is 1. The van der Waals surface area contributed by atoms with Crippen LogP contribution in [0, 0.1) is 0 Å². The molecular formula is C13H11N3O2. The van der Waals surface area contributed by atoms with Gasteiger partial charge < -0.3 is 8.98 Å². The molecule has 2 aromatic heterocycles. The molecule has 0 amide bonds. The van der Waals surface area contributed by atoms with Crippen molar-refractivity contribution >= 4 is 11.1 Å². The fourth-order valence-electron chi connectivity index (χ4n) is 2.74. The lowest BCUT2D eigenvalue weighted by Crippen LogP contribution is -2.27. The molecule has 0 N–H and O–H groups in total. The average Bonchev–Trinajstić information content (AvgIpc) is 3.00. The summed E-state index contributed by atoms with van der Waals surface area (Å²) < 4.78 is 9.02. The predicted molar refractivity (Wildman–Crippen MR) is 65.4 cm³/mol. The van der Waals surface area contributed by atoms with Gasteiger partial charge in [-0.15, -0.1) is 0 Å². The SMILES string of the molecule is O=c1oc2cccc3c2n1CC(n1ccnc1)C3. The predicted octanol–water partition coefficient (Wildman–Crippen LogP) is 1.59. The second kappa shape index (κ2) is 3.35. The Kier molecular flexibility index (Phi) is 1.81. The van der Waals surface area contributed by atoms with Gasteiger partial charge in [0.25, 0.3) is 0 Å². The number of para-hydroxylation sites is 1. The molecule has 3 heterocycles. The zero-order valence-electron chi connectivity index (χ0n) is 9.61. The van der Waals surface area contributed by atoms with Crippen LogP contribution in [0.5, 0.6) is 0 Å². The minimum absolute atomic E-state index is 0.223. The summed E-state index contributed by atoms with van der Waals surface area (Å²) in [5.41, 5.74) is 2.78. The zero-order chi connectivity index (χ0) is 12.1. The molecule has 90 valence electrons. The van der Waals surface area contributed by atoms with Gasteiger partial charge in [0, 0.05) is 12.4 Å². The first-order chi connectivity index (χ1) is 8.83. The van der Waals surface area contributed by atoms with Gasteiger partial charge in [0.1, 0.15) is 0 Å². The third-order valence-corrected chi connectivity index (χ3v) is 3.57. The van der Waals surface area contributed by atoms with Crippen molar-refractivity contribution in [3.05, 3.63) is 53.0 Å². The van der Waals surface area contributed by atoms with Crippen molar-refractivity contribution in [1.82, 2.24) is 14.1 Å². The third kappa shape index (κ3) is 1.21. The Morgan fingerprint density at radius 3 is 3.17 bits per heavy atom. The highest BCUT2D eigenvalue weighted by Gasteiger charge is 2.24. The van der Waals surface area contributed by atoms with Gasteiger partial charge in [0.2, 0.25) is 0 Å². The van der Waals surface area contributed by atoms with Gasteiger partial charge >= 0.3 is 5.76 Å². The number of hydrogen-bond acceptors (Lipinski definition) is 3. The molecule has 0 bridgehead atoms. The first-order valence-corrected chi connectivity index (χ1v) is 5.91. The summed E-state index contributed by atoms with van der Waals surface area (Å²) >= 11 is 0. The van der Waals surface area contributed by atoms with E-state index in [-0.39, 0.29) is 11.8 Å². The summed E-state index contributed by atoms with van der Waals surface area (Å²) in [5.74, 6) is -0.276. The number of hydrogen-bond donors (Lipinski definition) is 0. The van der Waals surface area contributed by atoms with Gasteiger partial charge in [-0.2, -0.15) is 0 Å². The lowest BCUT2D eigenvalue weighted by Gasteiger charge is -2.23. The molecule has 4 rings (SSSR count). The standard InChI is InChI=1S/C13H11N3O2/c17-13-16-7-10(15-5-4-14-8-15)6-9-2-1-3-11(18-13)12(9)16/h1-5,8,10H,6-7H2. The molecule has 18 heavy (non-hydrogen) atoms. The number of nitrogens with zero attached hydrogens (tertiary/aromatic N) is 3. The Labute approximate surface area is 102 Å². The monoisotopic (exact) mass is 241 g/mol. The summed E-state index contributed by atoms with van der Waals surface area (Å²) in [6.45, 7) is 0.638. The summed E-state index contributed by atoms with van der Waals surface area (Å²) in [6, 6.07) is 6.05. The zero-order valence-corrected chi connectivity index (χ0v) is 9.61. The Morgan fingerprint density at radius 1 is 1.39 bits per heavy atom. The smallest absolute Gasteiger partial charge is 0.408 e. The Hall–Kier alpha value is -2.30. The van der Waals surface area contributed by atoms with Gasteiger partial charge in [-0.3, -0.25) is 4.57 Å². The summed E-state index contributed by atoms with van der Waals surface area (Å²) in [5, 5.41) is 0. The lowest BCUT2D eigenvalue weighted by atomic mass is 10.0. The van der Waals surface area contributed by atoms with E-state index in [0.29, 0.717) is 12.1 Å². The Bertz CT molecular complexity index is 767. The highest BCUT2D eigenvalue weighted by Crippen LogP contribution is 2.28. The van der Waals surface area contributed by atoms with Crippen molar-refractivity contribution in [2.24, 2.45) is 0 Å². The largest absolute Gasteiger partial charge is 0.420 e. The second-order valence-corrected chi connectivity index (χ2v) is 4.61. The molecule has 0 spiro atoms. The topological polar surface area (TPSA) is 53.0 Å². The van der Waals surface area contributed by atoms with Crippen LogP contribution in [-0.4, -0.2) is 14.1 Å². The number of aromatic nitrogens is 3. The molecule has 0 fully saturated rings. The summed E-state index contributed by atoms with van der Waals surface area (Å²) in [7, 11) is 0. The maximum absolute atomic E-state index is 11.8. The van der Waals surface area contributed by atoms with Crippen molar-refractivity contribution in [3.8, 4) is 0 Å². The van der Waals surface area contributed by atoms with Crippen LogP contribution in [0.3, 0.4) is 0 Å². The number of imidazole rings is 1. The van der Waals surface area contributed by atoms with E-state index in [4.69, 9.17) is 4.42 Å². The molecule has 3 aromatic rings. The average molecular weight is 241 g/mol. The molecule has 0 aliphatic carbocycles. The van der Waals surface area contributed by atoms with Crippen LogP contribution in [0.4, 0.5) is 0 Å². The van der Waals surface area contributed by atoms with Crippen LogP contribution in [0.15, 0.2) is 46.1 Å².